The van der Waals surface area contributed by atoms with E-state index in [9.17, 15) is 19.2 Å². The van der Waals surface area contributed by atoms with Crippen molar-refractivity contribution in [2.45, 2.75) is 38.1 Å². The lowest BCUT2D eigenvalue weighted by Crippen LogP contribution is -2.41. The fourth-order valence-electron chi connectivity index (χ4n) is 3.75. The van der Waals surface area contributed by atoms with Crippen LogP contribution < -0.4 is 16.6 Å². The number of fused-ring (bicyclic) bond motifs is 1. The van der Waals surface area contributed by atoms with E-state index in [0.29, 0.717) is 6.42 Å². The van der Waals surface area contributed by atoms with Gasteiger partial charge in [-0.05, 0) is 36.6 Å². The van der Waals surface area contributed by atoms with Gasteiger partial charge in [0, 0.05) is 12.7 Å². The number of nitrogens with one attached hydrogen (secondary N) is 2. The largest absolute Gasteiger partial charge is 0.466 e. The smallest absolute Gasteiger partial charge is 0.332 e. The molecule has 2 aromatic heterocycles. The van der Waals surface area contributed by atoms with Crippen LogP contribution >= 0.6 is 11.8 Å². The number of rotatable bonds is 8. The third-order valence-electron chi connectivity index (χ3n) is 5.40. The zero-order chi connectivity index (χ0) is 24.2. The minimum Gasteiger partial charge on any atom is -0.466 e. The predicted molar refractivity (Wildman–Crippen MR) is 128 cm³/mol. The summed E-state index contributed by atoms with van der Waals surface area (Å²) in [7, 11) is 0. The Bertz CT molecular complexity index is 1380. The number of carbonyl (C=O) groups is 2. The number of benzene rings is 1. The number of pyridine rings is 1. The highest BCUT2D eigenvalue weighted by Crippen LogP contribution is 2.22. The molecule has 4 rings (SSSR count). The van der Waals surface area contributed by atoms with Gasteiger partial charge < -0.3 is 10.1 Å². The first-order chi connectivity index (χ1) is 16.4. The van der Waals surface area contributed by atoms with Crippen molar-refractivity contribution in [3.8, 4) is 0 Å². The van der Waals surface area contributed by atoms with Crippen molar-refractivity contribution in [3.63, 3.8) is 0 Å². The summed E-state index contributed by atoms with van der Waals surface area (Å²) in [6.07, 6.45) is 1.92. The molecule has 1 aromatic carbocycles. The van der Waals surface area contributed by atoms with Gasteiger partial charge in [-0.3, -0.25) is 28.9 Å². The van der Waals surface area contributed by atoms with E-state index in [2.05, 4.69) is 10.3 Å². The Kier molecular flexibility index (Phi) is 6.92. The van der Waals surface area contributed by atoms with Gasteiger partial charge in [-0.15, -0.1) is 0 Å². The molecule has 1 fully saturated rings. The zero-order valence-corrected chi connectivity index (χ0v) is 19.3. The zero-order valence-electron chi connectivity index (χ0n) is 18.4. The summed E-state index contributed by atoms with van der Waals surface area (Å²) < 4.78 is 7.37. The highest BCUT2D eigenvalue weighted by Gasteiger charge is 2.29. The van der Waals surface area contributed by atoms with Crippen molar-refractivity contribution in [2.75, 3.05) is 6.61 Å². The first-order valence-corrected chi connectivity index (χ1v) is 11.6. The fraction of sp³-hybridized carbons (Fsp3) is 0.304. The van der Waals surface area contributed by atoms with Gasteiger partial charge in [0.25, 0.3) is 5.56 Å². The molecule has 10 nitrogen and oxygen atoms in total. The number of esters is 1. The number of hydrogen-bond donors (Lipinski definition) is 2. The van der Waals surface area contributed by atoms with Gasteiger partial charge >= 0.3 is 11.7 Å². The average molecular weight is 482 g/mol. The van der Waals surface area contributed by atoms with E-state index < -0.39 is 17.2 Å². The Hall–Kier alpha value is -3.73. The first-order valence-electron chi connectivity index (χ1n) is 10.7. The summed E-state index contributed by atoms with van der Waals surface area (Å²) >= 11 is 1.19. The summed E-state index contributed by atoms with van der Waals surface area (Å²) in [6.45, 7) is 2.00. The van der Waals surface area contributed by atoms with E-state index in [1.54, 1.807) is 19.1 Å². The van der Waals surface area contributed by atoms with Gasteiger partial charge in [0.05, 0.1) is 30.2 Å². The Morgan fingerprint density at radius 3 is 2.56 bits per heavy atom. The van der Waals surface area contributed by atoms with Crippen LogP contribution in [0.4, 0.5) is 0 Å². The fourth-order valence-corrected chi connectivity index (χ4v) is 4.64. The maximum atomic E-state index is 13.2. The molecule has 0 aliphatic carbocycles. The molecular formula is C23H23N5O5S. The van der Waals surface area contributed by atoms with Crippen molar-refractivity contribution < 1.29 is 14.3 Å². The van der Waals surface area contributed by atoms with Gasteiger partial charge in [-0.1, -0.05) is 36.0 Å². The summed E-state index contributed by atoms with van der Waals surface area (Å²) in [4.78, 5) is 54.0. The van der Waals surface area contributed by atoms with Crippen LogP contribution in [-0.4, -0.2) is 43.0 Å². The van der Waals surface area contributed by atoms with Crippen LogP contribution in [0.3, 0.4) is 0 Å². The molecule has 11 heteroatoms. The Morgan fingerprint density at radius 2 is 1.88 bits per heavy atom. The second kappa shape index (κ2) is 10.0. The number of aromatic nitrogens is 3. The second-order valence-electron chi connectivity index (χ2n) is 7.70. The number of amidine groups is 1. The molecule has 0 radical (unpaired) electrons. The van der Waals surface area contributed by atoms with Crippen molar-refractivity contribution in [1.82, 2.24) is 19.4 Å². The van der Waals surface area contributed by atoms with Crippen molar-refractivity contribution in [2.24, 2.45) is 0 Å². The van der Waals surface area contributed by atoms with Gasteiger partial charge in [0.2, 0.25) is 5.91 Å². The third-order valence-corrected chi connectivity index (χ3v) is 6.40. The van der Waals surface area contributed by atoms with Gasteiger partial charge in [-0.25, -0.2) is 9.78 Å². The summed E-state index contributed by atoms with van der Waals surface area (Å²) in [6, 6.07) is 10.7. The lowest BCUT2D eigenvalue weighted by atomic mass is 10.1. The number of ether oxygens (including phenoxy) is 1. The van der Waals surface area contributed by atoms with Gasteiger partial charge in [-0.2, -0.15) is 0 Å². The maximum absolute atomic E-state index is 13.2. The monoisotopic (exact) mass is 481 g/mol. The number of hydrogen-bond acceptors (Lipinski definition) is 8. The summed E-state index contributed by atoms with van der Waals surface area (Å²) in [5.41, 5.74) is 0.959. The van der Waals surface area contributed by atoms with Crippen molar-refractivity contribution >= 4 is 39.8 Å². The molecule has 1 unspecified atom stereocenters. The number of amides is 1. The van der Waals surface area contributed by atoms with Crippen LogP contribution in [-0.2, 0) is 33.8 Å². The van der Waals surface area contributed by atoms with E-state index >= 15 is 0 Å². The van der Waals surface area contributed by atoms with E-state index in [1.165, 1.54) is 22.5 Å². The molecule has 0 bridgehead atoms. The molecule has 1 saturated heterocycles. The minimum absolute atomic E-state index is 0.0869. The van der Waals surface area contributed by atoms with Gasteiger partial charge in [0.1, 0.15) is 5.65 Å². The van der Waals surface area contributed by atoms with Gasteiger partial charge in [0.15, 0.2) is 5.17 Å². The molecule has 1 amide bonds. The normalized spacial score (nSPS) is 15.5. The lowest BCUT2D eigenvalue weighted by Gasteiger charge is -2.14. The van der Waals surface area contributed by atoms with E-state index in [1.807, 2.05) is 24.3 Å². The van der Waals surface area contributed by atoms with E-state index in [0.717, 1.165) is 15.7 Å². The van der Waals surface area contributed by atoms with Crippen LogP contribution in [0.15, 0.2) is 52.2 Å². The van der Waals surface area contributed by atoms with Crippen LogP contribution in [0.1, 0.15) is 24.5 Å². The first kappa shape index (κ1) is 23.4. The molecule has 2 N–H and O–H groups in total. The standard InChI is InChI=1S/C23H23N5O5S/c1-2-33-18(29)9-11-27-21(31)16-4-3-10-25-19(16)28(23(27)32)13-15-7-5-14(6-8-15)12-17-20(30)26-22(24)34-17/h3-8,10,17H,2,9,11-13H2,1H3,(H2,24,26,30). The second-order valence-corrected chi connectivity index (χ2v) is 8.91. The third kappa shape index (κ3) is 4.93. The van der Waals surface area contributed by atoms with E-state index in [4.69, 9.17) is 10.1 Å². The highest BCUT2D eigenvalue weighted by atomic mass is 32.2. The van der Waals surface area contributed by atoms with Crippen molar-refractivity contribution in [3.05, 3.63) is 74.6 Å². The molecular weight excluding hydrogens is 458 g/mol. The highest BCUT2D eigenvalue weighted by molar-refractivity contribution is 8.15. The number of carbonyl (C=O) groups excluding carboxylic acids is 2. The molecule has 0 spiro atoms. The SMILES string of the molecule is CCOC(=O)CCn1c(=O)c2cccnc2n(Cc2ccc(CC3SC(=N)NC3=O)cc2)c1=O. The lowest BCUT2D eigenvalue weighted by molar-refractivity contribution is -0.143. The Labute approximate surface area is 198 Å². The van der Waals surface area contributed by atoms with Crippen LogP contribution in [0, 0.1) is 5.41 Å². The molecule has 176 valence electrons. The average Bonchev–Trinajstić information content (AvgIpc) is 3.14. The maximum Gasteiger partial charge on any atom is 0.332 e. The molecule has 3 heterocycles. The van der Waals surface area contributed by atoms with Crippen LogP contribution in [0.5, 0.6) is 0 Å². The topological polar surface area (TPSA) is 136 Å². The molecule has 1 aliphatic heterocycles. The molecule has 1 atom stereocenters. The van der Waals surface area contributed by atoms with E-state index in [-0.39, 0.29) is 53.5 Å². The molecule has 1 aliphatic rings. The predicted octanol–water partition coefficient (Wildman–Crippen LogP) is 1.27. The summed E-state index contributed by atoms with van der Waals surface area (Å²) in [5.74, 6) is -0.653. The minimum atomic E-state index is -0.554. The molecule has 34 heavy (non-hydrogen) atoms. The quantitative estimate of drug-likeness (QED) is 0.462. The Balaban J connectivity index is 1.61. The number of nitrogens with zero attached hydrogens (tertiary/aromatic N) is 3. The summed E-state index contributed by atoms with van der Waals surface area (Å²) in [5, 5.41) is 10.2. The molecule has 0 saturated carbocycles. The number of thioether (sulfide) groups is 1. The van der Waals surface area contributed by atoms with Crippen LogP contribution in [0.25, 0.3) is 11.0 Å². The van der Waals surface area contributed by atoms with Crippen molar-refractivity contribution in [1.29, 1.82) is 5.41 Å². The van der Waals surface area contributed by atoms with Crippen LogP contribution in [0.2, 0.25) is 0 Å². The Morgan fingerprint density at radius 1 is 1.15 bits per heavy atom. The molecule has 3 aromatic rings.